The van der Waals surface area contributed by atoms with E-state index in [1.807, 2.05) is 13.8 Å². The maximum atomic E-state index is 5.15. The molecule has 2 rings (SSSR count). The molecular weight excluding hydrogens is 202 g/mol. The molecular formula is C8H9N3O2S. The van der Waals surface area contributed by atoms with Crippen LogP contribution >= 0.6 is 12.2 Å². The highest BCUT2D eigenvalue weighted by Gasteiger charge is 2.12. The van der Waals surface area contributed by atoms with E-state index in [2.05, 4.69) is 15.4 Å². The van der Waals surface area contributed by atoms with Crippen molar-refractivity contribution in [2.24, 2.45) is 0 Å². The second kappa shape index (κ2) is 3.38. The van der Waals surface area contributed by atoms with Gasteiger partial charge in [-0.2, -0.15) is 0 Å². The highest BCUT2D eigenvalue weighted by Crippen LogP contribution is 2.15. The molecule has 0 unspecified atom stereocenters. The van der Waals surface area contributed by atoms with E-state index in [1.54, 1.807) is 0 Å². The lowest BCUT2D eigenvalue weighted by Gasteiger charge is -1.92. The molecule has 74 valence electrons. The van der Waals surface area contributed by atoms with Crippen LogP contribution in [-0.2, 0) is 6.42 Å². The third kappa shape index (κ3) is 1.60. The molecule has 0 spiro atoms. The van der Waals surface area contributed by atoms with Crippen molar-refractivity contribution in [2.75, 3.05) is 0 Å². The van der Waals surface area contributed by atoms with Crippen LogP contribution in [0.5, 0.6) is 0 Å². The molecule has 1 N–H and O–H groups in total. The van der Waals surface area contributed by atoms with E-state index in [1.165, 1.54) is 0 Å². The summed E-state index contributed by atoms with van der Waals surface area (Å²) in [6, 6.07) is 0. The van der Waals surface area contributed by atoms with Crippen molar-refractivity contribution in [3.63, 3.8) is 0 Å². The number of hydrogen-bond donors (Lipinski definition) is 1. The highest BCUT2D eigenvalue weighted by molar-refractivity contribution is 7.71. The Kier molecular flexibility index (Phi) is 2.20. The van der Waals surface area contributed by atoms with Crippen molar-refractivity contribution >= 4 is 12.2 Å². The topological polar surface area (TPSA) is 67.8 Å². The molecule has 0 aromatic carbocycles. The number of aryl methyl sites for hydroxylation is 2. The summed E-state index contributed by atoms with van der Waals surface area (Å²) in [6.45, 7) is 3.74. The predicted molar refractivity (Wildman–Crippen MR) is 50.5 cm³/mol. The lowest BCUT2D eigenvalue weighted by atomic mass is 10.1. The third-order valence-electron chi connectivity index (χ3n) is 1.99. The van der Waals surface area contributed by atoms with Crippen LogP contribution in [0.4, 0.5) is 0 Å². The van der Waals surface area contributed by atoms with Gasteiger partial charge >= 0.3 is 0 Å². The second-order valence-electron chi connectivity index (χ2n) is 2.99. The van der Waals surface area contributed by atoms with Gasteiger partial charge in [0, 0.05) is 5.56 Å². The molecule has 0 saturated heterocycles. The van der Waals surface area contributed by atoms with Crippen molar-refractivity contribution in [2.45, 2.75) is 20.3 Å². The zero-order chi connectivity index (χ0) is 10.1. The number of nitrogens with zero attached hydrogens (tertiary/aromatic N) is 2. The van der Waals surface area contributed by atoms with Crippen LogP contribution in [0.15, 0.2) is 8.94 Å². The molecule has 6 heteroatoms. The van der Waals surface area contributed by atoms with Gasteiger partial charge in [0.2, 0.25) is 5.89 Å². The largest absolute Gasteiger partial charge is 0.414 e. The number of rotatable bonds is 2. The first-order chi connectivity index (χ1) is 6.66. The Morgan fingerprint density at radius 3 is 2.71 bits per heavy atom. The van der Waals surface area contributed by atoms with Crippen molar-refractivity contribution < 1.29 is 8.94 Å². The standard InChI is InChI=1S/C8H9N3O2S/c1-4-6(5(2)13-11-4)3-7-9-10-8(14)12-7/h3H2,1-2H3,(H,10,14). The van der Waals surface area contributed by atoms with Gasteiger partial charge in [0.1, 0.15) is 5.76 Å². The summed E-state index contributed by atoms with van der Waals surface area (Å²) in [5.41, 5.74) is 1.85. The maximum Gasteiger partial charge on any atom is 0.284 e. The Morgan fingerprint density at radius 2 is 2.21 bits per heavy atom. The van der Waals surface area contributed by atoms with Crippen LogP contribution in [-0.4, -0.2) is 15.4 Å². The van der Waals surface area contributed by atoms with Gasteiger partial charge < -0.3 is 8.94 Å². The molecule has 2 heterocycles. The molecule has 0 aliphatic rings. The average Bonchev–Trinajstić information content (AvgIpc) is 2.67. The molecule has 0 aliphatic carbocycles. The summed E-state index contributed by atoms with van der Waals surface area (Å²) in [4.78, 5) is 0.284. The van der Waals surface area contributed by atoms with Crippen molar-refractivity contribution in [3.8, 4) is 0 Å². The van der Waals surface area contributed by atoms with Crippen LogP contribution in [0.2, 0.25) is 0 Å². The molecule has 2 aromatic heterocycles. The lowest BCUT2D eigenvalue weighted by Crippen LogP contribution is -1.91. The van der Waals surface area contributed by atoms with Crippen molar-refractivity contribution in [1.29, 1.82) is 0 Å². The first-order valence-electron chi connectivity index (χ1n) is 4.13. The van der Waals surface area contributed by atoms with E-state index in [9.17, 15) is 0 Å². The molecule has 0 aliphatic heterocycles. The SMILES string of the molecule is Cc1noc(C)c1Cc1n[nH]c(=S)o1. The molecule has 0 bridgehead atoms. The fraction of sp³-hybridized carbons (Fsp3) is 0.375. The summed E-state index contributed by atoms with van der Waals surface area (Å²) in [5.74, 6) is 1.33. The van der Waals surface area contributed by atoms with Gasteiger partial charge in [-0.3, -0.25) is 0 Å². The van der Waals surface area contributed by atoms with Gasteiger partial charge in [-0.1, -0.05) is 5.16 Å². The molecule has 0 saturated carbocycles. The van der Waals surface area contributed by atoms with Gasteiger partial charge in [-0.25, -0.2) is 5.10 Å². The van der Waals surface area contributed by atoms with E-state index < -0.39 is 0 Å². The maximum absolute atomic E-state index is 5.15. The fourth-order valence-electron chi connectivity index (χ4n) is 1.24. The van der Waals surface area contributed by atoms with E-state index in [4.69, 9.17) is 21.2 Å². The molecule has 2 aromatic rings. The van der Waals surface area contributed by atoms with Gasteiger partial charge in [0.25, 0.3) is 4.84 Å². The molecule has 0 fully saturated rings. The first kappa shape index (κ1) is 9.14. The van der Waals surface area contributed by atoms with Gasteiger partial charge in [-0.15, -0.1) is 5.10 Å². The quantitative estimate of drug-likeness (QED) is 0.769. The minimum atomic E-state index is 0.284. The monoisotopic (exact) mass is 211 g/mol. The number of H-pyrrole nitrogens is 1. The van der Waals surface area contributed by atoms with E-state index >= 15 is 0 Å². The number of nitrogens with one attached hydrogen (secondary N) is 1. The van der Waals surface area contributed by atoms with Gasteiger partial charge in [0.15, 0.2) is 0 Å². The summed E-state index contributed by atoms with van der Waals surface area (Å²) >= 11 is 4.77. The first-order valence-corrected chi connectivity index (χ1v) is 4.54. The predicted octanol–water partition coefficient (Wildman–Crippen LogP) is 1.93. The molecule has 14 heavy (non-hydrogen) atoms. The van der Waals surface area contributed by atoms with E-state index in [-0.39, 0.29) is 4.84 Å². The Balaban J connectivity index is 2.31. The molecule has 0 atom stereocenters. The second-order valence-corrected chi connectivity index (χ2v) is 3.36. The average molecular weight is 211 g/mol. The lowest BCUT2D eigenvalue weighted by molar-refractivity contribution is 0.392. The van der Waals surface area contributed by atoms with E-state index in [0.717, 1.165) is 17.0 Å². The summed E-state index contributed by atoms with van der Waals surface area (Å²) in [7, 11) is 0. The van der Waals surface area contributed by atoms with Crippen molar-refractivity contribution in [3.05, 3.63) is 27.7 Å². The van der Waals surface area contributed by atoms with Crippen LogP contribution in [0, 0.1) is 18.7 Å². The minimum Gasteiger partial charge on any atom is -0.414 e. The third-order valence-corrected chi connectivity index (χ3v) is 2.17. The fourth-order valence-corrected chi connectivity index (χ4v) is 1.38. The number of aromatic nitrogens is 3. The van der Waals surface area contributed by atoms with Crippen LogP contribution in [0.25, 0.3) is 0 Å². The minimum absolute atomic E-state index is 0.284. The van der Waals surface area contributed by atoms with Crippen molar-refractivity contribution in [1.82, 2.24) is 15.4 Å². The number of hydrogen-bond acceptors (Lipinski definition) is 5. The Hall–Kier alpha value is -1.43. The highest BCUT2D eigenvalue weighted by atomic mass is 32.1. The summed E-state index contributed by atoms with van der Waals surface area (Å²) in [6.07, 6.45) is 0.550. The Morgan fingerprint density at radius 1 is 1.43 bits per heavy atom. The summed E-state index contributed by atoms with van der Waals surface area (Å²) in [5, 5.41) is 10.3. The Bertz CT molecular complexity index is 477. The smallest absolute Gasteiger partial charge is 0.284 e. The normalized spacial score (nSPS) is 10.7. The molecule has 0 radical (unpaired) electrons. The Labute approximate surface area is 85.1 Å². The number of aromatic amines is 1. The van der Waals surface area contributed by atoms with Gasteiger partial charge in [0.05, 0.1) is 12.1 Å². The zero-order valence-corrected chi connectivity index (χ0v) is 8.64. The van der Waals surface area contributed by atoms with Crippen LogP contribution in [0.1, 0.15) is 22.9 Å². The summed E-state index contributed by atoms with van der Waals surface area (Å²) < 4.78 is 10.2. The zero-order valence-electron chi connectivity index (χ0n) is 7.83. The van der Waals surface area contributed by atoms with Crippen LogP contribution in [0.3, 0.4) is 0 Å². The van der Waals surface area contributed by atoms with Gasteiger partial charge in [-0.05, 0) is 26.1 Å². The van der Waals surface area contributed by atoms with E-state index in [0.29, 0.717) is 12.3 Å². The molecule has 5 nitrogen and oxygen atoms in total. The van der Waals surface area contributed by atoms with Crippen LogP contribution < -0.4 is 0 Å². The molecule has 0 amide bonds.